The van der Waals surface area contributed by atoms with Crippen LogP contribution in [0.3, 0.4) is 0 Å². The molecule has 0 saturated heterocycles. The minimum absolute atomic E-state index is 0.203. The van der Waals surface area contributed by atoms with Gasteiger partial charge in [-0.15, -0.1) is 6.58 Å². The molecule has 0 aromatic carbocycles. The highest BCUT2D eigenvalue weighted by Crippen LogP contribution is 2.15. The number of ether oxygens (including phenoxy) is 1. The van der Waals surface area contributed by atoms with Gasteiger partial charge in [0.1, 0.15) is 5.76 Å². The first-order valence-corrected chi connectivity index (χ1v) is 5.48. The van der Waals surface area contributed by atoms with Gasteiger partial charge in [0.05, 0.1) is 6.61 Å². The number of carbonyl (C=O) groups is 1. The van der Waals surface area contributed by atoms with Crippen molar-refractivity contribution in [2.45, 2.75) is 26.4 Å². The highest BCUT2D eigenvalue weighted by atomic mass is 16.5. The van der Waals surface area contributed by atoms with Crippen LogP contribution in [-0.2, 0) is 11.3 Å². The van der Waals surface area contributed by atoms with Gasteiger partial charge >= 0.3 is 5.91 Å². The largest absolute Gasteiger partial charge is 0.456 e. The van der Waals surface area contributed by atoms with Gasteiger partial charge in [-0.25, -0.2) is 5.84 Å². The third-order valence-corrected chi connectivity index (χ3v) is 2.33. The molecule has 0 unspecified atom stereocenters. The molecule has 0 aliphatic heterocycles. The Morgan fingerprint density at radius 2 is 2.47 bits per heavy atom. The number of allylic oxidation sites excluding steroid dienone is 1. The SMILES string of the molecule is C=CCCCOCc1cc(C(=O)NN)oc1C. The van der Waals surface area contributed by atoms with E-state index in [1.54, 1.807) is 13.0 Å². The van der Waals surface area contributed by atoms with Crippen molar-refractivity contribution in [1.82, 2.24) is 5.43 Å². The molecule has 0 radical (unpaired) electrons. The van der Waals surface area contributed by atoms with Crippen LogP contribution in [0, 0.1) is 6.92 Å². The molecule has 94 valence electrons. The Morgan fingerprint density at radius 1 is 1.71 bits per heavy atom. The van der Waals surface area contributed by atoms with Crippen LogP contribution in [0.1, 0.15) is 34.7 Å². The number of unbranched alkanes of at least 4 members (excludes halogenated alkanes) is 1. The monoisotopic (exact) mass is 238 g/mol. The molecule has 1 amide bonds. The number of aryl methyl sites for hydroxylation is 1. The van der Waals surface area contributed by atoms with Gasteiger partial charge in [-0.3, -0.25) is 10.2 Å². The van der Waals surface area contributed by atoms with E-state index in [0.29, 0.717) is 19.0 Å². The van der Waals surface area contributed by atoms with Gasteiger partial charge in [0.25, 0.3) is 0 Å². The molecule has 0 spiro atoms. The average molecular weight is 238 g/mol. The first-order valence-electron chi connectivity index (χ1n) is 5.48. The fourth-order valence-electron chi connectivity index (χ4n) is 1.36. The Kier molecular flexibility index (Phi) is 5.45. The summed E-state index contributed by atoms with van der Waals surface area (Å²) < 4.78 is 10.7. The maximum absolute atomic E-state index is 11.2. The van der Waals surface area contributed by atoms with Crippen molar-refractivity contribution in [2.24, 2.45) is 5.84 Å². The summed E-state index contributed by atoms with van der Waals surface area (Å²) in [6.07, 6.45) is 3.73. The van der Waals surface area contributed by atoms with E-state index < -0.39 is 5.91 Å². The van der Waals surface area contributed by atoms with Crippen LogP contribution < -0.4 is 11.3 Å². The average Bonchev–Trinajstić information content (AvgIpc) is 2.70. The first-order chi connectivity index (χ1) is 8.19. The second kappa shape index (κ2) is 6.88. The van der Waals surface area contributed by atoms with Gasteiger partial charge < -0.3 is 9.15 Å². The van der Waals surface area contributed by atoms with Gasteiger partial charge in [-0.1, -0.05) is 6.08 Å². The summed E-state index contributed by atoms with van der Waals surface area (Å²) in [6.45, 7) is 6.52. The van der Waals surface area contributed by atoms with E-state index in [9.17, 15) is 4.79 Å². The Morgan fingerprint density at radius 3 is 3.12 bits per heavy atom. The highest BCUT2D eigenvalue weighted by molar-refractivity contribution is 5.91. The molecule has 1 rings (SSSR count). The molecular weight excluding hydrogens is 220 g/mol. The summed E-state index contributed by atoms with van der Waals surface area (Å²) in [6, 6.07) is 1.64. The van der Waals surface area contributed by atoms with Gasteiger partial charge in [-0.05, 0) is 25.8 Å². The van der Waals surface area contributed by atoms with E-state index in [2.05, 4.69) is 6.58 Å². The molecule has 17 heavy (non-hydrogen) atoms. The first kappa shape index (κ1) is 13.5. The van der Waals surface area contributed by atoms with Gasteiger partial charge in [0, 0.05) is 12.2 Å². The van der Waals surface area contributed by atoms with Gasteiger partial charge in [0.2, 0.25) is 0 Å². The minimum atomic E-state index is -0.439. The number of hydrazine groups is 1. The maximum Gasteiger partial charge on any atom is 0.300 e. The molecule has 0 saturated carbocycles. The van der Waals surface area contributed by atoms with E-state index >= 15 is 0 Å². The van der Waals surface area contributed by atoms with Crippen LogP contribution in [0.15, 0.2) is 23.1 Å². The molecule has 1 heterocycles. The summed E-state index contributed by atoms with van der Waals surface area (Å²) in [4.78, 5) is 11.2. The van der Waals surface area contributed by atoms with Crippen LogP contribution in [0.4, 0.5) is 0 Å². The molecule has 5 heteroatoms. The molecule has 0 bridgehead atoms. The van der Waals surface area contributed by atoms with Gasteiger partial charge in [0.15, 0.2) is 5.76 Å². The Hall–Kier alpha value is -1.59. The molecule has 0 atom stereocenters. The minimum Gasteiger partial charge on any atom is -0.456 e. The van der Waals surface area contributed by atoms with Crippen molar-refractivity contribution in [2.75, 3.05) is 6.61 Å². The standard InChI is InChI=1S/C12H18N2O3/c1-3-4-5-6-16-8-10-7-11(12(15)14-13)17-9(10)2/h3,7H,1,4-6,8,13H2,2H3,(H,14,15). The lowest BCUT2D eigenvalue weighted by molar-refractivity contribution is 0.0924. The maximum atomic E-state index is 11.2. The summed E-state index contributed by atoms with van der Waals surface area (Å²) in [5.41, 5.74) is 2.88. The smallest absolute Gasteiger partial charge is 0.300 e. The third-order valence-electron chi connectivity index (χ3n) is 2.33. The van der Waals surface area contributed by atoms with E-state index in [1.807, 2.05) is 11.5 Å². The van der Waals surface area contributed by atoms with E-state index in [0.717, 1.165) is 18.4 Å². The molecular formula is C12H18N2O3. The third kappa shape index (κ3) is 4.05. The second-order valence-corrected chi connectivity index (χ2v) is 3.65. The molecule has 3 N–H and O–H groups in total. The van der Waals surface area contributed by atoms with Crippen LogP contribution in [0.5, 0.6) is 0 Å². The lowest BCUT2D eigenvalue weighted by Crippen LogP contribution is -2.29. The van der Waals surface area contributed by atoms with E-state index in [4.69, 9.17) is 15.0 Å². The fraction of sp³-hybridized carbons (Fsp3) is 0.417. The summed E-state index contributed by atoms with van der Waals surface area (Å²) in [5.74, 6) is 5.46. The fourth-order valence-corrected chi connectivity index (χ4v) is 1.36. The highest BCUT2D eigenvalue weighted by Gasteiger charge is 2.13. The lowest BCUT2D eigenvalue weighted by atomic mass is 10.2. The zero-order chi connectivity index (χ0) is 12.7. The topological polar surface area (TPSA) is 77.5 Å². The number of rotatable bonds is 7. The van der Waals surface area contributed by atoms with Gasteiger partial charge in [-0.2, -0.15) is 0 Å². The molecule has 0 aliphatic rings. The number of hydrogen-bond donors (Lipinski definition) is 2. The number of nitrogens with two attached hydrogens (primary N) is 1. The van der Waals surface area contributed by atoms with Crippen molar-refractivity contribution in [3.8, 4) is 0 Å². The predicted octanol–water partition coefficient (Wildman–Crippen LogP) is 1.67. The number of nitrogens with one attached hydrogen (secondary N) is 1. The summed E-state index contributed by atoms with van der Waals surface area (Å²) in [7, 11) is 0. The van der Waals surface area contributed by atoms with Crippen LogP contribution >= 0.6 is 0 Å². The van der Waals surface area contributed by atoms with E-state index in [1.165, 1.54) is 0 Å². The summed E-state index contributed by atoms with van der Waals surface area (Å²) >= 11 is 0. The van der Waals surface area contributed by atoms with Crippen molar-refractivity contribution in [3.63, 3.8) is 0 Å². The summed E-state index contributed by atoms with van der Waals surface area (Å²) in [5, 5.41) is 0. The quantitative estimate of drug-likeness (QED) is 0.249. The number of nitrogen functional groups attached to an aromatic ring is 1. The van der Waals surface area contributed by atoms with Crippen molar-refractivity contribution < 1.29 is 13.9 Å². The van der Waals surface area contributed by atoms with Crippen molar-refractivity contribution in [1.29, 1.82) is 0 Å². The zero-order valence-corrected chi connectivity index (χ0v) is 9.99. The van der Waals surface area contributed by atoms with Crippen LogP contribution in [0.2, 0.25) is 0 Å². The predicted molar refractivity (Wildman–Crippen MR) is 64.2 cm³/mol. The van der Waals surface area contributed by atoms with Crippen molar-refractivity contribution in [3.05, 3.63) is 35.8 Å². The normalized spacial score (nSPS) is 10.2. The van der Waals surface area contributed by atoms with E-state index in [-0.39, 0.29) is 5.76 Å². The lowest BCUT2D eigenvalue weighted by Gasteiger charge is -2.01. The molecule has 1 aromatic heterocycles. The Bertz CT molecular complexity index is 385. The number of furan rings is 1. The Labute approximate surface area is 101 Å². The molecule has 1 aromatic rings. The second-order valence-electron chi connectivity index (χ2n) is 3.65. The molecule has 5 nitrogen and oxygen atoms in total. The number of carbonyl (C=O) groups excluding carboxylic acids is 1. The zero-order valence-electron chi connectivity index (χ0n) is 9.99. The Balaban J connectivity index is 2.45. The van der Waals surface area contributed by atoms with Crippen LogP contribution in [-0.4, -0.2) is 12.5 Å². The molecule has 0 fully saturated rings. The van der Waals surface area contributed by atoms with Crippen molar-refractivity contribution >= 4 is 5.91 Å². The molecule has 0 aliphatic carbocycles. The van der Waals surface area contributed by atoms with Crippen LogP contribution in [0.25, 0.3) is 0 Å². The number of amides is 1. The number of hydrogen-bond acceptors (Lipinski definition) is 4.